The molecule has 1 aromatic rings. The van der Waals surface area contributed by atoms with Crippen molar-refractivity contribution in [3.63, 3.8) is 0 Å². The minimum absolute atomic E-state index is 0.309. The van der Waals surface area contributed by atoms with Gasteiger partial charge in [0.05, 0.1) is 5.56 Å². The van der Waals surface area contributed by atoms with E-state index < -0.39 is 29.7 Å². The SMILES string of the molecule is C[C@@]1(O)C(=O)O[C@H](COC(=O)c2ccccc2)[C@H]1O. The molecule has 6 nitrogen and oxygen atoms in total. The number of cyclic esters (lactones) is 1. The highest BCUT2D eigenvalue weighted by Gasteiger charge is 2.53. The van der Waals surface area contributed by atoms with Crippen LogP contribution in [0.15, 0.2) is 30.3 Å². The van der Waals surface area contributed by atoms with Crippen molar-refractivity contribution < 1.29 is 29.3 Å². The number of hydrogen-bond donors (Lipinski definition) is 2. The molecule has 2 rings (SSSR count). The second-order valence-electron chi connectivity index (χ2n) is 4.50. The Morgan fingerprint density at radius 1 is 1.42 bits per heavy atom. The van der Waals surface area contributed by atoms with E-state index in [1.54, 1.807) is 30.3 Å². The van der Waals surface area contributed by atoms with Crippen molar-refractivity contribution in [2.24, 2.45) is 0 Å². The zero-order chi connectivity index (χ0) is 14.0. The van der Waals surface area contributed by atoms with E-state index in [0.717, 1.165) is 6.92 Å². The first-order chi connectivity index (χ1) is 8.93. The van der Waals surface area contributed by atoms with Crippen molar-refractivity contribution in [1.82, 2.24) is 0 Å². The number of rotatable bonds is 3. The number of aliphatic hydroxyl groups is 2. The lowest BCUT2D eigenvalue weighted by Gasteiger charge is -2.18. The lowest BCUT2D eigenvalue weighted by molar-refractivity contribution is -0.155. The molecule has 2 N–H and O–H groups in total. The van der Waals surface area contributed by atoms with E-state index in [1.165, 1.54) is 0 Å². The van der Waals surface area contributed by atoms with Gasteiger partial charge in [0, 0.05) is 0 Å². The van der Waals surface area contributed by atoms with Gasteiger partial charge in [-0.05, 0) is 19.1 Å². The Kier molecular flexibility index (Phi) is 3.55. The summed E-state index contributed by atoms with van der Waals surface area (Å²) in [5.74, 6) is -1.52. The van der Waals surface area contributed by atoms with E-state index in [1.807, 2.05) is 0 Å². The van der Waals surface area contributed by atoms with Gasteiger partial charge in [0.25, 0.3) is 0 Å². The maximum atomic E-state index is 11.6. The monoisotopic (exact) mass is 266 g/mol. The van der Waals surface area contributed by atoms with Gasteiger partial charge >= 0.3 is 11.9 Å². The van der Waals surface area contributed by atoms with Crippen molar-refractivity contribution >= 4 is 11.9 Å². The van der Waals surface area contributed by atoms with Crippen molar-refractivity contribution in [3.05, 3.63) is 35.9 Å². The molecule has 0 radical (unpaired) electrons. The highest BCUT2D eigenvalue weighted by molar-refractivity contribution is 5.89. The number of carbonyl (C=O) groups is 2. The zero-order valence-electron chi connectivity index (χ0n) is 10.3. The molecule has 0 saturated carbocycles. The van der Waals surface area contributed by atoms with Gasteiger partial charge in [-0.3, -0.25) is 0 Å². The van der Waals surface area contributed by atoms with Gasteiger partial charge in [-0.25, -0.2) is 9.59 Å². The molecule has 19 heavy (non-hydrogen) atoms. The van der Waals surface area contributed by atoms with Crippen LogP contribution in [0.1, 0.15) is 17.3 Å². The van der Waals surface area contributed by atoms with Gasteiger partial charge in [0.15, 0.2) is 11.7 Å². The summed E-state index contributed by atoms with van der Waals surface area (Å²) in [6.45, 7) is 0.843. The molecule has 0 spiro atoms. The lowest BCUT2D eigenvalue weighted by Crippen LogP contribution is -2.44. The molecule has 0 bridgehead atoms. The highest BCUT2D eigenvalue weighted by atomic mass is 16.6. The molecule has 0 aromatic heterocycles. The molecule has 0 aliphatic carbocycles. The Balaban J connectivity index is 1.94. The number of carbonyl (C=O) groups excluding carboxylic acids is 2. The summed E-state index contributed by atoms with van der Waals surface area (Å²) < 4.78 is 9.70. The number of hydrogen-bond acceptors (Lipinski definition) is 6. The van der Waals surface area contributed by atoms with Crippen molar-refractivity contribution in [2.75, 3.05) is 6.61 Å². The smallest absolute Gasteiger partial charge is 0.341 e. The maximum absolute atomic E-state index is 11.6. The fraction of sp³-hybridized carbons (Fsp3) is 0.385. The van der Waals surface area contributed by atoms with Crippen LogP contribution in [0.5, 0.6) is 0 Å². The quantitative estimate of drug-likeness (QED) is 0.741. The normalized spacial score (nSPS) is 29.9. The van der Waals surface area contributed by atoms with Crippen molar-refractivity contribution in [1.29, 1.82) is 0 Å². The molecule has 1 fully saturated rings. The molecular formula is C13H14O6. The van der Waals surface area contributed by atoms with Gasteiger partial charge in [-0.15, -0.1) is 0 Å². The molecular weight excluding hydrogens is 252 g/mol. The van der Waals surface area contributed by atoms with Crippen LogP contribution in [0.4, 0.5) is 0 Å². The van der Waals surface area contributed by atoms with E-state index in [2.05, 4.69) is 0 Å². The zero-order valence-corrected chi connectivity index (χ0v) is 10.3. The minimum atomic E-state index is -1.97. The first-order valence-electron chi connectivity index (χ1n) is 5.76. The van der Waals surface area contributed by atoms with Crippen molar-refractivity contribution in [2.45, 2.75) is 24.7 Å². The van der Waals surface area contributed by atoms with Crippen LogP contribution in [0.25, 0.3) is 0 Å². The summed E-state index contributed by atoms with van der Waals surface area (Å²) in [7, 11) is 0. The number of aliphatic hydroxyl groups excluding tert-OH is 1. The van der Waals surface area contributed by atoms with Gasteiger partial charge < -0.3 is 19.7 Å². The summed E-state index contributed by atoms with van der Waals surface area (Å²) in [6, 6.07) is 8.29. The van der Waals surface area contributed by atoms with E-state index >= 15 is 0 Å². The highest BCUT2D eigenvalue weighted by Crippen LogP contribution is 2.26. The Bertz CT molecular complexity index is 481. The second kappa shape index (κ2) is 4.99. The predicted octanol–water partition coefficient (Wildman–Crippen LogP) is -0.119. The molecule has 3 atom stereocenters. The average Bonchev–Trinajstić information content (AvgIpc) is 2.60. The van der Waals surface area contributed by atoms with Crippen LogP contribution in [-0.4, -0.2) is 46.6 Å². The average molecular weight is 266 g/mol. The number of benzene rings is 1. The topological polar surface area (TPSA) is 93.1 Å². The van der Waals surface area contributed by atoms with Crippen LogP contribution in [0.3, 0.4) is 0 Å². The summed E-state index contributed by atoms with van der Waals surface area (Å²) >= 11 is 0. The largest absolute Gasteiger partial charge is 0.458 e. The summed E-state index contributed by atoms with van der Waals surface area (Å²) in [6.07, 6.45) is -2.49. The molecule has 6 heteroatoms. The standard InChI is InChI=1S/C13H14O6/c1-13(17)10(14)9(19-12(13)16)7-18-11(15)8-5-3-2-4-6-8/h2-6,9-10,14,17H,7H2,1H3/t9-,10-,13+/m1/s1. The van der Waals surface area contributed by atoms with Crippen LogP contribution < -0.4 is 0 Å². The summed E-state index contributed by atoms with van der Waals surface area (Å²) in [5, 5.41) is 19.3. The Labute approximate surface area is 109 Å². The molecule has 0 amide bonds. The second-order valence-corrected chi connectivity index (χ2v) is 4.50. The minimum Gasteiger partial charge on any atom is -0.458 e. The molecule has 1 aromatic carbocycles. The van der Waals surface area contributed by atoms with Gasteiger partial charge in [-0.1, -0.05) is 18.2 Å². The fourth-order valence-corrected chi connectivity index (χ4v) is 1.74. The Hall–Kier alpha value is -1.92. The molecule has 1 saturated heterocycles. The maximum Gasteiger partial charge on any atom is 0.341 e. The van der Waals surface area contributed by atoms with Crippen LogP contribution in [0, 0.1) is 0 Å². The van der Waals surface area contributed by atoms with E-state index in [0.29, 0.717) is 5.56 Å². The predicted molar refractivity (Wildman–Crippen MR) is 63.2 cm³/mol. The third-order valence-electron chi connectivity index (χ3n) is 2.99. The van der Waals surface area contributed by atoms with Crippen LogP contribution >= 0.6 is 0 Å². The Morgan fingerprint density at radius 3 is 2.58 bits per heavy atom. The van der Waals surface area contributed by atoms with E-state index in [-0.39, 0.29) is 6.61 Å². The first-order valence-corrected chi connectivity index (χ1v) is 5.76. The van der Waals surface area contributed by atoms with Gasteiger partial charge in [0.2, 0.25) is 0 Å². The molecule has 102 valence electrons. The van der Waals surface area contributed by atoms with E-state index in [4.69, 9.17) is 9.47 Å². The molecule has 0 unspecified atom stereocenters. The molecule has 1 aliphatic heterocycles. The fourth-order valence-electron chi connectivity index (χ4n) is 1.74. The molecule has 1 heterocycles. The van der Waals surface area contributed by atoms with Crippen molar-refractivity contribution in [3.8, 4) is 0 Å². The van der Waals surface area contributed by atoms with Crippen LogP contribution in [-0.2, 0) is 14.3 Å². The van der Waals surface area contributed by atoms with E-state index in [9.17, 15) is 19.8 Å². The summed E-state index contributed by atoms with van der Waals surface area (Å²) in [4.78, 5) is 22.9. The number of ether oxygens (including phenoxy) is 2. The number of esters is 2. The Morgan fingerprint density at radius 2 is 2.05 bits per heavy atom. The van der Waals surface area contributed by atoms with Crippen LogP contribution in [0.2, 0.25) is 0 Å². The van der Waals surface area contributed by atoms with Gasteiger partial charge in [0.1, 0.15) is 12.7 Å². The van der Waals surface area contributed by atoms with Gasteiger partial charge in [-0.2, -0.15) is 0 Å². The molecule has 1 aliphatic rings. The first kappa shape index (κ1) is 13.5. The third kappa shape index (κ3) is 2.59. The lowest BCUT2D eigenvalue weighted by atomic mass is 9.99. The third-order valence-corrected chi connectivity index (χ3v) is 2.99. The summed E-state index contributed by atoms with van der Waals surface area (Å²) in [5.41, 5.74) is -1.61.